The second-order valence-electron chi connectivity index (χ2n) is 5.88. The summed E-state index contributed by atoms with van der Waals surface area (Å²) < 4.78 is 5.56. The van der Waals surface area contributed by atoms with Crippen LogP contribution in [0, 0.1) is 0 Å². The van der Waals surface area contributed by atoms with Gasteiger partial charge in [0.2, 0.25) is 0 Å². The van der Waals surface area contributed by atoms with Crippen LogP contribution in [0.1, 0.15) is 50.7 Å². The van der Waals surface area contributed by atoms with Crippen molar-refractivity contribution < 1.29 is 4.74 Å². The van der Waals surface area contributed by atoms with Gasteiger partial charge in [-0.1, -0.05) is 32.4 Å². The SMILES string of the molecule is CCCCN(CCC)C1CCc2cccc(OC)c2C1.Cl. The lowest BCUT2D eigenvalue weighted by Crippen LogP contribution is -2.40. The van der Waals surface area contributed by atoms with Gasteiger partial charge in [0.25, 0.3) is 0 Å². The number of ether oxygens (including phenoxy) is 1. The Morgan fingerprint density at radius 1 is 1.19 bits per heavy atom. The molecule has 1 aromatic rings. The fourth-order valence-corrected chi connectivity index (χ4v) is 3.37. The number of benzene rings is 1. The number of halogens is 1. The third-order valence-corrected chi connectivity index (χ3v) is 4.46. The van der Waals surface area contributed by atoms with E-state index in [2.05, 4.69) is 36.9 Å². The van der Waals surface area contributed by atoms with Crippen molar-refractivity contribution in [2.24, 2.45) is 0 Å². The van der Waals surface area contributed by atoms with E-state index in [1.807, 2.05) is 0 Å². The third-order valence-electron chi connectivity index (χ3n) is 4.46. The van der Waals surface area contributed by atoms with Gasteiger partial charge < -0.3 is 9.64 Å². The van der Waals surface area contributed by atoms with E-state index < -0.39 is 0 Å². The van der Waals surface area contributed by atoms with Gasteiger partial charge in [-0.2, -0.15) is 0 Å². The zero-order valence-electron chi connectivity index (χ0n) is 13.7. The first-order valence-corrected chi connectivity index (χ1v) is 8.18. The Labute approximate surface area is 136 Å². The summed E-state index contributed by atoms with van der Waals surface area (Å²) >= 11 is 0. The van der Waals surface area contributed by atoms with Gasteiger partial charge in [-0.05, 0) is 62.4 Å². The van der Waals surface area contributed by atoms with Crippen LogP contribution in [0.2, 0.25) is 0 Å². The Hall–Kier alpha value is -0.730. The van der Waals surface area contributed by atoms with Crippen molar-refractivity contribution in [3.8, 4) is 5.75 Å². The largest absolute Gasteiger partial charge is 0.496 e. The molecule has 0 aliphatic heterocycles. The molecule has 2 rings (SSSR count). The molecule has 0 saturated heterocycles. The maximum absolute atomic E-state index is 5.56. The molecule has 1 aliphatic rings. The molecule has 1 aromatic carbocycles. The smallest absolute Gasteiger partial charge is 0.122 e. The van der Waals surface area contributed by atoms with Crippen LogP contribution < -0.4 is 4.74 Å². The van der Waals surface area contributed by atoms with Crippen molar-refractivity contribution in [1.29, 1.82) is 0 Å². The van der Waals surface area contributed by atoms with E-state index in [1.54, 1.807) is 7.11 Å². The maximum Gasteiger partial charge on any atom is 0.122 e. The number of hydrogen-bond donors (Lipinski definition) is 0. The van der Waals surface area contributed by atoms with Gasteiger partial charge in [0.05, 0.1) is 7.11 Å². The van der Waals surface area contributed by atoms with E-state index >= 15 is 0 Å². The summed E-state index contributed by atoms with van der Waals surface area (Å²) in [5.41, 5.74) is 2.94. The molecule has 21 heavy (non-hydrogen) atoms. The Morgan fingerprint density at radius 2 is 2.00 bits per heavy atom. The molecule has 1 aliphatic carbocycles. The molecule has 0 N–H and O–H groups in total. The van der Waals surface area contributed by atoms with Crippen LogP contribution in [0.25, 0.3) is 0 Å². The zero-order chi connectivity index (χ0) is 14.4. The lowest BCUT2D eigenvalue weighted by Gasteiger charge is -2.35. The minimum atomic E-state index is 0. The van der Waals surface area contributed by atoms with Crippen LogP contribution in [-0.4, -0.2) is 31.1 Å². The van der Waals surface area contributed by atoms with Gasteiger partial charge in [0.15, 0.2) is 0 Å². The normalized spacial score (nSPS) is 17.2. The average Bonchev–Trinajstić information content (AvgIpc) is 2.50. The Bertz CT molecular complexity index is 407. The summed E-state index contributed by atoms with van der Waals surface area (Å²) in [7, 11) is 1.79. The van der Waals surface area contributed by atoms with Gasteiger partial charge >= 0.3 is 0 Å². The first-order valence-electron chi connectivity index (χ1n) is 8.18. The van der Waals surface area contributed by atoms with Crippen molar-refractivity contribution in [3.63, 3.8) is 0 Å². The van der Waals surface area contributed by atoms with Gasteiger partial charge in [0, 0.05) is 6.04 Å². The summed E-state index contributed by atoms with van der Waals surface area (Å²) in [6.45, 7) is 7.05. The molecule has 0 saturated carbocycles. The van der Waals surface area contributed by atoms with Crippen LogP contribution in [0.3, 0.4) is 0 Å². The number of hydrogen-bond acceptors (Lipinski definition) is 2. The van der Waals surface area contributed by atoms with Gasteiger partial charge in [-0.25, -0.2) is 0 Å². The van der Waals surface area contributed by atoms with Crippen molar-refractivity contribution in [1.82, 2.24) is 4.90 Å². The Kier molecular flexibility index (Phi) is 8.13. The van der Waals surface area contributed by atoms with Gasteiger partial charge in [0.1, 0.15) is 5.75 Å². The number of fused-ring (bicyclic) bond motifs is 1. The summed E-state index contributed by atoms with van der Waals surface area (Å²) in [6.07, 6.45) is 7.50. The fraction of sp³-hybridized carbons (Fsp3) is 0.667. The molecule has 1 unspecified atom stereocenters. The van der Waals surface area contributed by atoms with Gasteiger partial charge in [-0.15, -0.1) is 12.4 Å². The highest BCUT2D eigenvalue weighted by Gasteiger charge is 2.25. The number of nitrogens with zero attached hydrogens (tertiary/aromatic N) is 1. The molecule has 0 spiro atoms. The summed E-state index contributed by atoms with van der Waals surface area (Å²) in [6, 6.07) is 7.20. The topological polar surface area (TPSA) is 12.5 Å². The molecule has 0 aromatic heterocycles. The molecule has 2 nitrogen and oxygen atoms in total. The molecule has 3 heteroatoms. The molecule has 0 radical (unpaired) electrons. The third kappa shape index (κ3) is 4.62. The standard InChI is InChI=1S/C18H29NO.ClH/c1-4-6-13-19(12-5-2)16-11-10-15-8-7-9-18(20-3)17(15)14-16;/h7-9,16H,4-6,10-14H2,1-3H3;1H. The number of methoxy groups -OCH3 is 1. The molecule has 0 fully saturated rings. The van der Waals surface area contributed by atoms with Crippen LogP contribution >= 0.6 is 12.4 Å². The van der Waals surface area contributed by atoms with E-state index in [-0.39, 0.29) is 12.4 Å². The number of rotatable bonds is 7. The molecular weight excluding hydrogens is 282 g/mol. The molecular formula is C18H30ClNO. The second kappa shape index (κ2) is 9.32. The van der Waals surface area contributed by atoms with E-state index in [0.717, 1.165) is 12.2 Å². The molecule has 0 bridgehead atoms. The second-order valence-corrected chi connectivity index (χ2v) is 5.88. The van der Waals surface area contributed by atoms with Crippen molar-refractivity contribution in [2.45, 2.75) is 58.4 Å². The Balaban J connectivity index is 0.00000220. The highest BCUT2D eigenvalue weighted by atomic mass is 35.5. The van der Waals surface area contributed by atoms with E-state index in [4.69, 9.17) is 4.74 Å². The quantitative estimate of drug-likeness (QED) is 0.736. The minimum absolute atomic E-state index is 0. The molecule has 0 heterocycles. The van der Waals surface area contributed by atoms with E-state index in [0.29, 0.717) is 6.04 Å². The van der Waals surface area contributed by atoms with Crippen LogP contribution in [0.5, 0.6) is 5.75 Å². The predicted octanol–water partition coefficient (Wildman–Crippen LogP) is 4.49. The fourth-order valence-electron chi connectivity index (χ4n) is 3.37. The van der Waals surface area contributed by atoms with Gasteiger partial charge in [-0.3, -0.25) is 0 Å². The number of unbranched alkanes of at least 4 members (excludes halogenated alkanes) is 1. The monoisotopic (exact) mass is 311 g/mol. The predicted molar refractivity (Wildman–Crippen MR) is 92.8 cm³/mol. The summed E-state index contributed by atoms with van der Waals surface area (Å²) in [4.78, 5) is 2.71. The molecule has 0 amide bonds. The lowest BCUT2D eigenvalue weighted by atomic mass is 9.86. The average molecular weight is 312 g/mol. The minimum Gasteiger partial charge on any atom is -0.496 e. The molecule has 120 valence electrons. The van der Waals surface area contributed by atoms with E-state index in [9.17, 15) is 0 Å². The summed E-state index contributed by atoms with van der Waals surface area (Å²) in [5, 5.41) is 0. The number of aryl methyl sites for hydroxylation is 1. The first kappa shape index (κ1) is 18.3. The van der Waals surface area contributed by atoms with Crippen LogP contribution in [0.4, 0.5) is 0 Å². The highest BCUT2D eigenvalue weighted by molar-refractivity contribution is 5.85. The summed E-state index contributed by atoms with van der Waals surface area (Å²) in [5.74, 6) is 1.08. The highest BCUT2D eigenvalue weighted by Crippen LogP contribution is 2.31. The molecule has 1 atom stereocenters. The van der Waals surface area contributed by atoms with Crippen molar-refractivity contribution >= 4 is 12.4 Å². The first-order chi connectivity index (χ1) is 9.80. The Morgan fingerprint density at radius 3 is 2.67 bits per heavy atom. The van der Waals surface area contributed by atoms with Crippen molar-refractivity contribution in [3.05, 3.63) is 29.3 Å². The van der Waals surface area contributed by atoms with Crippen molar-refractivity contribution in [2.75, 3.05) is 20.2 Å². The van der Waals surface area contributed by atoms with E-state index in [1.165, 1.54) is 56.3 Å². The van der Waals surface area contributed by atoms with Crippen LogP contribution in [0.15, 0.2) is 18.2 Å². The maximum atomic E-state index is 5.56. The zero-order valence-corrected chi connectivity index (χ0v) is 14.5. The van der Waals surface area contributed by atoms with Crippen LogP contribution in [-0.2, 0) is 12.8 Å². The lowest BCUT2D eigenvalue weighted by molar-refractivity contribution is 0.176.